The smallest absolute Gasteiger partial charge is 0.196 e. The highest BCUT2D eigenvalue weighted by molar-refractivity contribution is 7.80. The molecule has 0 aliphatic heterocycles. The lowest BCUT2D eigenvalue weighted by atomic mass is 10.1. The molecule has 0 amide bonds. The molecule has 2 aromatic rings. The molecule has 0 atom stereocenters. The van der Waals surface area contributed by atoms with E-state index < -0.39 is 0 Å². The number of benzene rings is 1. The Kier molecular flexibility index (Phi) is 6.11. The summed E-state index contributed by atoms with van der Waals surface area (Å²) in [4.78, 5) is 0. The minimum Gasteiger partial charge on any atom is -0.361 e. The van der Waals surface area contributed by atoms with E-state index >= 15 is 0 Å². The van der Waals surface area contributed by atoms with Gasteiger partial charge in [0.05, 0.1) is 5.52 Å². The fraction of sp³-hybridized carbons (Fsp3) is 0.562. The van der Waals surface area contributed by atoms with E-state index in [0.29, 0.717) is 5.11 Å². The molecular weight excluding hydrogens is 280 g/mol. The van der Waals surface area contributed by atoms with Crippen LogP contribution >= 0.6 is 12.2 Å². The molecule has 4 nitrogen and oxygen atoms in total. The number of unbranched alkanes of at least 4 members (excludes halogenated alkanes) is 5. The van der Waals surface area contributed by atoms with Gasteiger partial charge in [0.15, 0.2) is 5.11 Å². The zero-order valence-corrected chi connectivity index (χ0v) is 13.7. The zero-order chi connectivity index (χ0) is 15.1. The third kappa shape index (κ3) is 4.49. The quantitative estimate of drug-likeness (QED) is 0.624. The van der Waals surface area contributed by atoms with Gasteiger partial charge in [-0.25, -0.2) is 0 Å². The van der Waals surface area contributed by atoms with Crippen LogP contribution < -0.4 is 5.32 Å². The average molecular weight is 304 g/mol. The Morgan fingerprint density at radius 1 is 1.19 bits per heavy atom. The summed E-state index contributed by atoms with van der Waals surface area (Å²) in [5.41, 5.74) is 3.03. The number of nitrogens with one attached hydrogen (secondary N) is 1. The van der Waals surface area contributed by atoms with Gasteiger partial charge in [0.2, 0.25) is 0 Å². The first-order valence-corrected chi connectivity index (χ1v) is 8.23. The van der Waals surface area contributed by atoms with E-state index in [2.05, 4.69) is 28.6 Å². The van der Waals surface area contributed by atoms with E-state index in [-0.39, 0.29) is 0 Å². The first-order valence-electron chi connectivity index (χ1n) is 7.82. The van der Waals surface area contributed by atoms with Crippen LogP contribution in [0.2, 0.25) is 0 Å². The summed E-state index contributed by atoms with van der Waals surface area (Å²) in [6, 6.07) is 6.09. The lowest BCUT2D eigenvalue weighted by molar-refractivity contribution is 0.600. The molecule has 0 aliphatic carbocycles. The van der Waals surface area contributed by atoms with E-state index in [1.165, 1.54) is 37.7 Å². The molecular formula is C16H24N4S. The Morgan fingerprint density at radius 3 is 2.76 bits per heavy atom. The van der Waals surface area contributed by atoms with Crippen molar-refractivity contribution in [3.8, 4) is 0 Å². The molecule has 0 fully saturated rings. The van der Waals surface area contributed by atoms with Crippen LogP contribution in [0.1, 0.15) is 51.0 Å². The van der Waals surface area contributed by atoms with Gasteiger partial charge in [0, 0.05) is 6.54 Å². The monoisotopic (exact) mass is 304 g/mol. The number of fused-ring (bicyclic) bond motifs is 1. The SMILES string of the molecule is CCCCCCCCNC(=S)n1nnc2cc(C)ccc21. The van der Waals surface area contributed by atoms with Crippen molar-refractivity contribution in [2.75, 3.05) is 6.54 Å². The molecule has 0 saturated heterocycles. The van der Waals surface area contributed by atoms with Crippen molar-refractivity contribution in [1.82, 2.24) is 20.3 Å². The third-order valence-electron chi connectivity index (χ3n) is 3.60. The lowest BCUT2D eigenvalue weighted by Gasteiger charge is -2.08. The second-order valence-electron chi connectivity index (χ2n) is 5.49. The molecule has 0 aliphatic rings. The highest BCUT2D eigenvalue weighted by Gasteiger charge is 2.08. The van der Waals surface area contributed by atoms with Crippen molar-refractivity contribution in [3.63, 3.8) is 0 Å². The Bertz CT molecular complexity index is 591. The number of rotatable bonds is 7. The van der Waals surface area contributed by atoms with E-state index in [1.807, 2.05) is 19.1 Å². The molecule has 1 N–H and O–H groups in total. The Morgan fingerprint density at radius 2 is 1.95 bits per heavy atom. The first-order chi connectivity index (χ1) is 10.2. The molecule has 1 aromatic carbocycles. The van der Waals surface area contributed by atoms with Crippen LogP contribution in [-0.2, 0) is 0 Å². The van der Waals surface area contributed by atoms with Crippen molar-refractivity contribution in [3.05, 3.63) is 23.8 Å². The van der Waals surface area contributed by atoms with Crippen molar-refractivity contribution in [1.29, 1.82) is 0 Å². The van der Waals surface area contributed by atoms with Gasteiger partial charge in [0.1, 0.15) is 5.52 Å². The zero-order valence-electron chi connectivity index (χ0n) is 12.9. The maximum absolute atomic E-state index is 5.40. The molecule has 0 bridgehead atoms. The van der Waals surface area contributed by atoms with Gasteiger partial charge in [-0.15, -0.1) is 5.10 Å². The fourth-order valence-electron chi connectivity index (χ4n) is 2.36. The fourth-order valence-corrected chi connectivity index (χ4v) is 2.60. The molecule has 0 saturated carbocycles. The highest BCUT2D eigenvalue weighted by atomic mass is 32.1. The van der Waals surface area contributed by atoms with Crippen LogP contribution in [0.5, 0.6) is 0 Å². The number of aryl methyl sites for hydroxylation is 1. The molecule has 0 radical (unpaired) electrons. The van der Waals surface area contributed by atoms with Gasteiger partial charge >= 0.3 is 0 Å². The minimum absolute atomic E-state index is 0.634. The van der Waals surface area contributed by atoms with Crippen LogP contribution in [0.3, 0.4) is 0 Å². The molecule has 1 aromatic heterocycles. The second kappa shape index (κ2) is 8.08. The summed E-state index contributed by atoms with van der Waals surface area (Å²) in [7, 11) is 0. The maximum Gasteiger partial charge on any atom is 0.196 e. The molecule has 1 heterocycles. The van der Waals surface area contributed by atoms with Crippen molar-refractivity contribution in [2.24, 2.45) is 0 Å². The molecule has 114 valence electrons. The summed E-state index contributed by atoms with van der Waals surface area (Å²) < 4.78 is 1.71. The van der Waals surface area contributed by atoms with Crippen molar-refractivity contribution >= 4 is 28.4 Å². The van der Waals surface area contributed by atoms with Crippen LogP contribution in [0, 0.1) is 6.92 Å². The molecule has 5 heteroatoms. The summed E-state index contributed by atoms with van der Waals surface area (Å²) in [6.45, 7) is 5.19. The number of nitrogens with zero attached hydrogens (tertiary/aromatic N) is 3. The van der Waals surface area contributed by atoms with Crippen LogP contribution in [-0.4, -0.2) is 26.7 Å². The van der Waals surface area contributed by atoms with Crippen LogP contribution in [0.4, 0.5) is 0 Å². The maximum atomic E-state index is 5.40. The van der Waals surface area contributed by atoms with Crippen molar-refractivity contribution < 1.29 is 0 Å². The summed E-state index contributed by atoms with van der Waals surface area (Å²) in [6.07, 6.45) is 7.70. The number of hydrogen-bond acceptors (Lipinski definition) is 3. The van der Waals surface area contributed by atoms with Gasteiger partial charge in [-0.2, -0.15) is 4.68 Å². The van der Waals surface area contributed by atoms with Gasteiger partial charge in [-0.05, 0) is 43.3 Å². The number of hydrogen-bond donors (Lipinski definition) is 1. The Labute approximate surface area is 131 Å². The Balaban J connectivity index is 1.80. The topological polar surface area (TPSA) is 42.7 Å². The summed E-state index contributed by atoms with van der Waals surface area (Å²) in [5.74, 6) is 0. The highest BCUT2D eigenvalue weighted by Crippen LogP contribution is 2.12. The van der Waals surface area contributed by atoms with E-state index in [9.17, 15) is 0 Å². The predicted molar refractivity (Wildman–Crippen MR) is 91.6 cm³/mol. The standard InChI is InChI=1S/C16H24N4S/c1-3-4-5-6-7-8-11-17-16(21)20-15-10-9-13(2)12-14(15)18-19-20/h9-10,12H,3-8,11H2,1-2H3,(H,17,21). The van der Waals surface area contributed by atoms with Gasteiger partial charge in [-0.1, -0.05) is 50.3 Å². The normalized spacial score (nSPS) is 11.0. The Hall–Kier alpha value is -1.49. The number of thiocarbonyl (C=S) groups is 1. The van der Waals surface area contributed by atoms with E-state index in [4.69, 9.17) is 12.2 Å². The molecule has 0 unspecified atom stereocenters. The summed E-state index contributed by atoms with van der Waals surface area (Å²) in [5, 5.41) is 12.2. The van der Waals surface area contributed by atoms with Crippen molar-refractivity contribution in [2.45, 2.75) is 52.4 Å². The van der Waals surface area contributed by atoms with Crippen LogP contribution in [0.15, 0.2) is 18.2 Å². The van der Waals surface area contributed by atoms with Gasteiger partial charge in [0.25, 0.3) is 0 Å². The van der Waals surface area contributed by atoms with E-state index in [0.717, 1.165) is 24.0 Å². The predicted octanol–water partition coefficient (Wildman–Crippen LogP) is 3.82. The summed E-state index contributed by atoms with van der Waals surface area (Å²) >= 11 is 5.40. The minimum atomic E-state index is 0.634. The largest absolute Gasteiger partial charge is 0.361 e. The average Bonchev–Trinajstić information content (AvgIpc) is 2.89. The first kappa shape index (κ1) is 15.9. The lowest BCUT2D eigenvalue weighted by Crippen LogP contribution is -2.29. The van der Waals surface area contributed by atoms with Gasteiger partial charge < -0.3 is 5.32 Å². The number of aromatic nitrogens is 3. The molecule has 21 heavy (non-hydrogen) atoms. The molecule has 0 spiro atoms. The second-order valence-corrected chi connectivity index (χ2v) is 5.88. The van der Waals surface area contributed by atoms with E-state index in [1.54, 1.807) is 4.68 Å². The van der Waals surface area contributed by atoms with Crippen LogP contribution in [0.25, 0.3) is 11.0 Å². The molecule has 2 rings (SSSR count). The van der Waals surface area contributed by atoms with Gasteiger partial charge in [-0.3, -0.25) is 0 Å². The third-order valence-corrected chi connectivity index (χ3v) is 3.92.